The zero-order valence-corrected chi connectivity index (χ0v) is 10.5. The maximum absolute atomic E-state index is 5.57. The van der Waals surface area contributed by atoms with Crippen molar-refractivity contribution in [2.24, 2.45) is 5.92 Å². The third kappa shape index (κ3) is 2.32. The molecule has 1 N–H and O–H groups in total. The van der Waals surface area contributed by atoms with E-state index in [0.29, 0.717) is 6.04 Å². The van der Waals surface area contributed by atoms with E-state index in [1.54, 1.807) is 0 Å². The fourth-order valence-electron chi connectivity index (χ4n) is 2.69. The van der Waals surface area contributed by atoms with Crippen molar-refractivity contribution in [2.45, 2.75) is 38.6 Å². The molecule has 1 aromatic rings. The zero-order valence-electron chi connectivity index (χ0n) is 10.5. The van der Waals surface area contributed by atoms with Gasteiger partial charge in [0.25, 0.3) is 0 Å². The molecule has 3 rings (SSSR count). The van der Waals surface area contributed by atoms with Gasteiger partial charge in [-0.3, -0.25) is 0 Å². The summed E-state index contributed by atoms with van der Waals surface area (Å²) in [6.07, 6.45) is 5.05. The van der Waals surface area contributed by atoms with Gasteiger partial charge in [-0.2, -0.15) is 0 Å². The molecule has 0 aromatic heterocycles. The number of benzene rings is 1. The smallest absolute Gasteiger partial charge is 0.122 e. The Morgan fingerprint density at radius 2 is 2.29 bits per heavy atom. The second kappa shape index (κ2) is 4.69. The first-order valence-corrected chi connectivity index (χ1v) is 6.87. The van der Waals surface area contributed by atoms with E-state index in [2.05, 4.69) is 30.4 Å². The minimum atomic E-state index is 0.570. The lowest BCUT2D eigenvalue weighted by molar-refractivity contribution is 0.356. The highest BCUT2D eigenvalue weighted by Crippen LogP contribution is 2.42. The summed E-state index contributed by atoms with van der Waals surface area (Å²) < 4.78 is 5.57. The summed E-state index contributed by atoms with van der Waals surface area (Å²) in [6.45, 7) is 4.21. The predicted molar refractivity (Wildman–Crippen MR) is 69.4 cm³/mol. The molecule has 2 nitrogen and oxygen atoms in total. The minimum Gasteiger partial charge on any atom is -0.493 e. The van der Waals surface area contributed by atoms with Gasteiger partial charge in [-0.15, -0.1) is 0 Å². The minimum absolute atomic E-state index is 0.570. The van der Waals surface area contributed by atoms with Gasteiger partial charge in [0.1, 0.15) is 5.75 Å². The SMILES string of the molecule is CCCNC(c1ccc2c(c1)CCO2)C1CC1. The Kier molecular flexibility index (Phi) is 3.06. The van der Waals surface area contributed by atoms with Crippen LogP contribution in [0.25, 0.3) is 0 Å². The molecule has 0 saturated heterocycles. The van der Waals surface area contributed by atoms with Crippen molar-refractivity contribution in [3.05, 3.63) is 29.3 Å². The van der Waals surface area contributed by atoms with E-state index in [-0.39, 0.29) is 0 Å². The van der Waals surface area contributed by atoms with Crippen LogP contribution >= 0.6 is 0 Å². The molecule has 1 aromatic carbocycles. The highest BCUT2D eigenvalue weighted by atomic mass is 16.5. The molecule has 1 atom stereocenters. The van der Waals surface area contributed by atoms with E-state index in [4.69, 9.17) is 4.74 Å². The van der Waals surface area contributed by atoms with Crippen molar-refractivity contribution in [2.75, 3.05) is 13.2 Å². The summed E-state index contributed by atoms with van der Waals surface area (Å²) in [5.74, 6) is 1.96. The number of fused-ring (bicyclic) bond motifs is 1. The van der Waals surface area contributed by atoms with Gasteiger partial charge in [-0.05, 0) is 48.9 Å². The molecule has 17 heavy (non-hydrogen) atoms. The third-order valence-corrected chi connectivity index (χ3v) is 3.78. The molecule has 1 heterocycles. The van der Waals surface area contributed by atoms with E-state index in [9.17, 15) is 0 Å². The van der Waals surface area contributed by atoms with Crippen molar-refractivity contribution in [1.82, 2.24) is 5.32 Å². The first-order chi connectivity index (χ1) is 8.38. The maximum atomic E-state index is 5.57. The van der Waals surface area contributed by atoms with Gasteiger partial charge in [0.05, 0.1) is 6.61 Å². The molecule has 0 amide bonds. The Bertz CT molecular complexity index is 398. The molecule has 0 radical (unpaired) electrons. The molecule has 1 aliphatic carbocycles. The summed E-state index contributed by atoms with van der Waals surface area (Å²) in [4.78, 5) is 0. The summed E-state index contributed by atoms with van der Waals surface area (Å²) >= 11 is 0. The average Bonchev–Trinajstić information content (AvgIpc) is 3.07. The highest BCUT2D eigenvalue weighted by molar-refractivity contribution is 5.41. The first-order valence-electron chi connectivity index (χ1n) is 6.87. The molecule has 1 unspecified atom stereocenters. The summed E-state index contributed by atoms with van der Waals surface area (Å²) in [7, 11) is 0. The molecule has 1 fully saturated rings. The van der Waals surface area contributed by atoms with Crippen LogP contribution < -0.4 is 10.1 Å². The molecule has 0 bridgehead atoms. The van der Waals surface area contributed by atoms with E-state index >= 15 is 0 Å². The van der Waals surface area contributed by atoms with Crippen LogP contribution in [0, 0.1) is 5.92 Å². The van der Waals surface area contributed by atoms with Gasteiger partial charge in [-0.25, -0.2) is 0 Å². The topological polar surface area (TPSA) is 21.3 Å². The number of hydrogen-bond donors (Lipinski definition) is 1. The molecule has 1 saturated carbocycles. The van der Waals surface area contributed by atoms with Gasteiger partial charge in [0.2, 0.25) is 0 Å². The van der Waals surface area contributed by atoms with Crippen molar-refractivity contribution in [1.29, 1.82) is 0 Å². The van der Waals surface area contributed by atoms with Crippen LogP contribution in [0.4, 0.5) is 0 Å². The van der Waals surface area contributed by atoms with Crippen LogP contribution in [0.2, 0.25) is 0 Å². The summed E-state index contributed by atoms with van der Waals surface area (Å²) in [5.41, 5.74) is 2.86. The van der Waals surface area contributed by atoms with Gasteiger partial charge in [0.15, 0.2) is 0 Å². The Balaban J connectivity index is 1.80. The Hall–Kier alpha value is -1.02. The normalized spacial score (nSPS) is 19.8. The van der Waals surface area contributed by atoms with E-state index in [1.807, 2.05) is 0 Å². The van der Waals surface area contributed by atoms with Crippen LogP contribution in [0.1, 0.15) is 43.4 Å². The average molecular weight is 231 g/mol. The maximum Gasteiger partial charge on any atom is 0.122 e. The van der Waals surface area contributed by atoms with Gasteiger partial charge in [0, 0.05) is 12.5 Å². The quantitative estimate of drug-likeness (QED) is 0.841. The summed E-state index contributed by atoms with van der Waals surface area (Å²) in [5, 5.41) is 3.70. The highest BCUT2D eigenvalue weighted by Gasteiger charge is 2.32. The van der Waals surface area contributed by atoms with Crippen LogP contribution in [0.15, 0.2) is 18.2 Å². The molecular weight excluding hydrogens is 210 g/mol. The lowest BCUT2D eigenvalue weighted by Crippen LogP contribution is -2.23. The van der Waals surface area contributed by atoms with Crippen molar-refractivity contribution >= 4 is 0 Å². The zero-order chi connectivity index (χ0) is 11.7. The lowest BCUT2D eigenvalue weighted by Gasteiger charge is -2.19. The fraction of sp³-hybridized carbons (Fsp3) is 0.600. The van der Waals surface area contributed by atoms with Crippen LogP contribution in [0.5, 0.6) is 5.75 Å². The molecular formula is C15H21NO. The Morgan fingerprint density at radius 1 is 1.41 bits per heavy atom. The Labute approximate surface area is 103 Å². The fourth-order valence-corrected chi connectivity index (χ4v) is 2.69. The largest absolute Gasteiger partial charge is 0.493 e. The molecule has 2 heteroatoms. The third-order valence-electron chi connectivity index (χ3n) is 3.78. The molecule has 2 aliphatic rings. The number of nitrogens with one attached hydrogen (secondary N) is 1. The molecule has 92 valence electrons. The second-order valence-electron chi connectivity index (χ2n) is 5.23. The van der Waals surface area contributed by atoms with Crippen molar-refractivity contribution in [3.8, 4) is 5.75 Å². The van der Waals surface area contributed by atoms with Crippen molar-refractivity contribution in [3.63, 3.8) is 0 Å². The van der Waals surface area contributed by atoms with Crippen LogP contribution in [0.3, 0.4) is 0 Å². The van der Waals surface area contributed by atoms with Gasteiger partial charge < -0.3 is 10.1 Å². The first kappa shape index (κ1) is 11.1. The number of ether oxygens (including phenoxy) is 1. The van der Waals surface area contributed by atoms with E-state index in [1.165, 1.54) is 30.4 Å². The van der Waals surface area contributed by atoms with Crippen molar-refractivity contribution < 1.29 is 4.74 Å². The summed E-state index contributed by atoms with van der Waals surface area (Å²) in [6, 6.07) is 7.32. The lowest BCUT2D eigenvalue weighted by atomic mass is 9.99. The Morgan fingerprint density at radius 3 is 3.06 bits per heavy atom. The van der Waals surface area contributed by atoms with E-state index in [0.717, 1.165) is 31.2 Å². The second-order valence-corrected chi connectivity index (χ2v) is 5.23. The molecule has 0 spiro atoms. The monoisotopic (exact) mass is 231 g/mol. The van der Waals surface area contributed by atoms with Crippen LogP contribution in [-0.2, 0) is 6.42 Å². The number of rotatable bonds is 5. The molecule has 1 aliphatic heterocycles. The van der Waals surface area contributed by atoms with Gasteiger partial charge in [-0.1, -0.05) is 19.1 Å². The van der Waals surface area contributed by atoms with Crippen LogP contribution in [-0.4, -0.2) is 13.2 Å². The standard InChI is InChI=1S/C15H21NO/c1-2-8-16-15(11-3-4-11)13-5-6-14-12(10-13)7-9-17-14/h5-6,10-11,15-16H,2-4,7-9H2,1H3. The predicted octanol–water partition coefficient (Wildman–Crippen LogP) is 3.07. The number of hydrogen-bond acceptors (Lipinski definition) is 2. The van der Waals surface area contributed by atoms with Gasteiger partial charge >= 0.3 is 0 Å². The van der Waals surface area contributed by atoms with E-state index < -0.39 is 0 Å².